The van der Waals surface area contributed by atoms with Gasteiger partial charge in [0.1, 0.15) is 0 Å². The highest BCUT2D eigenvalue weighted by Crippen LogP contribution is 2.55. The Hall–Kier alpha value is -6.59. The van der Waals surface area contributed by atoms with Gasteiger partial charge in [0.2, 0.25) is 0 Å². The topological polar surface area (TPSA) is 64.5 Å². The number of pyridine rings is 1. The van der Waals surface area contributed by atoms with E-state index in [1.54, 1.807) is 6.20 Å². The fraction of sp³-hybridized carbons (Fsp3) is 0.140. The lowest BCUT2D eigenvalue weighted by Gasteiger charge is -2.27. The van der Waals surface area contributed by atoms with Gasteiger partial charge in [-0.25, -0.2) is 19.9 Å². The maximum absolute atomic E-state index is 5.17. The second-order valence-corrected chi connectivity index (χ2v) is 15.1. The van der Waals surface area contributed by atoms with Gasteiger partial charge in [0.15, 0.2) is 11.6 Å². The van der Waals surface area contributed by atoms with E-state index in [2.05, 4.69) is 120 Å². The van der Waals surface area contributed by atoms with E-state index in [0.717, 1.165) is 73.2 Å². The number of hydrogen-bond acceptors (Lipinski definition) is 5. The summed E-state index contributed by atoms with van der Waals surface area (Å²) in [5, 5.41) is 0. The van der Waals surface area contributed by atoms with Gasteiger partial charge in [-0.2, -0.15) is 0 Å². The number of nitrogens with zero attached hydrogens (tertiary/aromatic N) is 5. The Kier molecular flexibility index (Phi) is 8.40. The van der Waals surface area contributed by atoms with Crippen LogP contribution >= 0.6 is 0 Å². The average Bonchev–Trinajstić information content (AvgIpc) is 3.91. The Morgan fingerprint density at radius 3 is 1.47 bits per heavy atom. The predicted molar refractivity (Wildman–Crippen MR) is 222 cm³/mol. The van der Waals surface area contributed by atoms with Crippen LogP contribution in [0, 0.1) is 5.92 Å². The molecule has 0 N–H and O–H groups in total. The summed E-state index contributed by atoms with van der Waals surface area (Å²) in [6, 6.07) is 54.9. The molecule has 0 radical (unpaired) electrons. The molecular formula is C50H39N5. The molecule has 0 atom stereocenters. The van der Waals surface area contributed by atoms with Gasteiger partial charge in [0.05, 0.1) is 22.8 Å². The zero-order chi connectivity index (χ0) is 36.6. The van der Waals surface area contributed by atoms with Crippen LogP contribution in [0.1, 0.15) is 37.7 Å². The van der Waals surface area contributed by atoms with Crippen molar-refractivity contribution in [3.8, 4) is 78.9 Å². The second-order valence-electron chi connectivity index (χ2n) is 15.1. The summed E-state index contributed by atoms with van der Waals surface area (Å²) in [5.41, 5.74) is 13.6. The Labute approximate surface area is 321 Å². The Morgan fingerprint density at radius 1 is 0.400 bits per heavy atom. The van der Waals surface area contributed by atoms with Gasteiger partial charge >= 0.3 is 0 Å². The van der Waals surface area contributed by atoms with E-state index in [1.165, 1.54) is 37.7 Å². The first kappa shape index (κ1) is 33.0. The zero-order valence-corrected chi connectivity index (χ0v) is 30.5. The molecule has 2 aliphatic carbocycles. The third-order valence-electron chi connectivity index (χ3n) is 11.7. The highest BCUT2D eigenvalue weighted by Gasteiger charge is 2.45. The monoisotopic (exact) mass is 709 g/mol. The molecule has 2 aliphatic rings. The van der Waals surface area contributed by atoms with Crippen molar-refractivity contribution in [2.75, 3.05) is 0 Å². The molecule has 0 saturated heterocycles. The Morgan fingerprint density at radius 2 is 0.891 bits per heavy atom. The van der Waals surface area contributed by atoms with Crippen molar-refractivity contribution in [3.63, 3.8) is 0 Å². The van der Waals surface area contributed by atoms with Crippen LogP contribution in [0.4, 0.5) is 0 Å². The third-order valence-corrected chi connectivity index (χ3v) is 11.7. The van der Waals surface area contributed by atoms with Crippen LogP contribution in [-0.4, -0.2) is 24.9 Å². The molecule has 10 rings (SSSR count). The lowest BCUT2D eigenvalue weighted by Crippen LogP contribution is -2.19. The maximum Gasteiger partial charge on any atom is 0.160 e. The van der Waals surface area contributed by atoms with E-state index < -0.39 is 0 Å². The third kappa shape index (κ3) is 6.52. The van der Waals surface area contributed by atoms with Crippen LogP contribution < -0.4 is 0 Å². The molecule has 0 spiro atoms. The van der Waals surface area contributed by atoms with Gasteiger partial charge in [0.25, 0.3) is 0 Å². The average molecular weight is 710 g/mol. The van der Waals surface area contributed by atoms with Crippen molar-refractivity contribution in [2.45, 2.75) is 37.5 Å². The molecule has 3 aromatic heterocycles. The molecule has 55 heavy (non-hydrogen) atoms. The Bertz CT molecular complexity index is 2600. The van der Waals surface area contributed by atoms with Gasteiger partial charge in [-0.3, -0.25) is 4.98 Å². The number of hydrogen-bond donors (Lipinski definition) is 0. The van der Waals surface area contributed by atoms with Crippen molar-refractivity contribution in [2.24, 2.45) is 5.92 Å². The fourth-order valence-electron chi connectivity index (χ4n) is 8.72. The quantitative estimate of drug-likeness (QED) is 0.157. The molecule has 0 aliphatic heterocycles. The minimum atomic E-state index is 0.374. The summed E-state index contributed by atoms with van der Waals surface area (Å²) in [6.45, 7) is 0. The van der Waals surface area contributed by atoms with E-state index in [1.807, 2.05) is 48.7 Å². The molecule has 5 heteroatoms. The Balaban J connectivity index is 1.05. The molecule has 5 aromatic carbocycles. The number of rotatable bonds is 8. The minimum Gasteiger partial charge on any atom is -0.264 e. The van der Waals surface area contributed by atoms with Crippen LogP contribution in [0.2, 0.25) is 0 Å². The summed E-state index contributed by atoms with van der Waals surface area (Å²) in [5.74, 6) is 2.27. The van der Waals surface area contributed by atoms with Gasteiger partial charge in [-0.05, 0) is 84.4 Å². The van der Waals surface area contributed by atoms with Crippen molar-refractivity contribution in [1.29, 1.82) is 0 Å². The molecule has 0 amide bonds. The highest BCUT2D eigenvalue weighted by molar-refractivity contribution is 5.77. The molecular weight excluding hydrogens is 671 g/mol. The van der Waals surface area contributed by atoms with Gasteiger partial charge < -0.3 is 0 Å². The van der Waals surface area contributed by atoms with Gasteiger partial charge in [-0.1, -0.05) is 133 Å². The molecule has 5 nitrogen and oxygen atoms in total. The first-order chi connectivity index (χ1) is 27.2. The lowest BCUT2D eigenvalue weighted by molar-refractivity contribution is 0.419. The fourth-order valence-corrected chi connectivity index (χ4v) is 8.72. The predicted octanol–water partition coefficient (Wildman–Crippen LogP) is 12.2. The van der Waals surface area contributed by atoms with Crippen LogP contribution in [0.5, 0.6) is 0 Å². The van der Waals surface area contributed by atoms with Crippen molar-refractivity contribution >= 4 is 0 Å². The standard InChI is InChI=1S/C50H39N5/c1-3-9-36(10-4-1)44-30-45(37-18-16-35(17-19-37)42-15-8-28-51-33-42)54-49(53-44)41-14-7-13-40(29-41)47-31-46(52-48(55-47)39-11-5-2-6-12-39)38-20-22-43(23-21-38)50-26-24-34(32-50)25-27-50/h1-23,28-31,33-34H,24-27,32H2. The van der Waals surface area contributed by atoms with Crippen LogP contribution in [0.3, 0.4) is 0 Å². The van der Waals surface area contributed by atoms with Crippen LogP contribution in [0.25, 0.3) is 78.9 Å². The molecule has 2 fully saturated rings. The first-order valence-electron chi connectivity index (χ1n) is 19.3. The molecule has 2 saturated carbocycles. The van der Waals surface area contributed by atoms with E-state index in [4.69, 9.17) is 19.9 Å². The van der Waals surface area contributed by atoms with Crippen LogP contribution in [0.15, 0.2) is 170 Å². The minimum absolute atomic E-state index is 0.374. The highest BCUT2D eigenvalue weighted by atomic mass is 14.9. The molecule has 8 aromatic rings. The molecule has 3 heterocycles. The molecule has 2 bridgehead atoms. The van der Waals surface area contributed by atoms with E-state index in [0.29, 0.717) is 17.1 Å². The largest absolute Gasteiger partial charge is 0.264 e. The van der Waals surface area contributed by atoms with Crippen molar-refractivity contribution in [3.05, 3.63) is 176 Å². The smallest absolute Gasteiger partial charge is 0.160 e. The summed E-state index contributed by atoms with van der Waals surface area (Å²) < 4.78 is 0. The van der Waals surface area contributed by atoms with Gasteiger partial charge in [-0.15, -0.1) is 0 Å². The SMILES string of the molecule is c1ccc(-c2cc(-c3ccc(-c4cccnc4)cc3)nc(-c3cccc(-c4cc(-c5ccc(C67CCC(CC6)C7)cc5)nc(-c5ccccc5)n4)c3)n2)cc1. The summed E-state index contributed by atoms with van der Waals surface area (Å²) in [4.78, 5) is 24.9. The molecule has 264 valence electrons. The van der Waals surface area contributed by atoms with E-state index in [9.17, 15) is 0 Å². The summed E-state index contributed by atoms with van der Waals surface area (Å²) in [6.07, 6.45) is 10.4. The number of benzene rings is 5. The number of aromatic nitrogens is 5. The van der Waals surface area contributed by atoms with E-state index in [-0.39, 0.29) is 0 Å². The van der Waals surface area contributed by atoms with Crippen molar-refractivity contribution < 1.29 is 0 Å². The zero-order valence-electron chi connectivity index (χ0n) is 30.5. The normalized spacial score (nSPS) is 17.3. The van der Waals surface area contributed by atoms with Crippen molar-refractivity contribution in [1.82, 2.24) is 24.9 Å². The molecule has 0 unspecified atom stereocenters. The van der Waals surface area contributed by atoms with Gasteiger partial charge in [0, 0.05) is 45.8 Å². The maximum atomic E-state index is 5.17. The number of fused-ring (bicyclic) bond motifs is 2. The van der Waals surface area contributed by atoms with E-state index >= 15 is 0 Å². The first-order valence-corrected chi connectivity index (χ1v) is 19.3. The second kappa shape index (κ2) is 14.0. The summed E-state index contributed by atoms with van der Waals surface area (Å²) in [7, 11) is 0. The van der Waals surface area contributed by atoms with Crippen LogP contribution in [-0.2, 0) is 5.41 Å². The lowest BCUT2D eigenvalue weighted by atomic mass is 9.77. The summed E-state index contributed by atoms with van der Waals surface area (Å²) >= 11 is 0.